The molecule has 35 heavy (non-hydrogen) atoms. The van der Waals surface area contributed by atoms with Crippen LogP contribution >= 0.6 is 0 Å². The minimum absolute atomic E-state index is 0.0100. The van der Waals surface area contributed by atoms with Crippen LogP contribution in [0, 0.1) is 17.1 Å². The van der Waals surface area contributed by atoms with Crippen LogP contribution in [0.1, 0.15) is 33.2 Å². The Hall–Kier alpha value is -4.84. The number of nitriles is 1. The van der Waals surface area contributed by atoms with Crippen molar-refractivity contribution in [1.82, 2.24) is 15.3 Å². The number of nitrogens with one attached hydrogen (secondary N) is 1. The lowest BCUT2D eigenvalue weighted by Crippen LogP contribution is -2.44. The first-order valence-electron chi connectivity index (χ1n) is 10.7. The van der Waals surface area contributed by atoms with Crippen molar-refractivity contribution in [3.63, 3.8) is 0 Å². The zero-order valence-electron chi connectivity index (χ0n) is 18.5. The number of aromatic nitrogens is 2. The van der Waals surface area contributed by atoms with Crippen molar-refractivity contribution in [2.24, 2.45) is 0 Å². The molecule has 9 heteroatoms. The van der Waals surface area contributed by atoms with E-state index in [0.29, 0.717) is 23.2 Å². The van der Waals surface area contributed by atoms with Crippen LogP contribution in [0.2, 0.25) is 0 Å². The molecule has 4 rings (SSSR count). The summed E-state index contributed by atoms with van der Waals surface area (Å²) < 4.78 is 18.5. The molecule has 8 nitrogen and oxygen atoms in total. The maximum atomic E-state index is 13.5. The zero-order valence-corrected chi connectivity index (χ0v) is 18.5. The molecule has 174 valence electrons. The third-order valence-electron chi connectivity index (χ3n) is 5.25. The first-order valence-corrected chi connectivity index (χ1v) is 10.7. The molecule has 2 aromatic carbocycles. The minimum Gasteiger partial charge on any atom is -0.451 e. The summed E-state index contributed by atoms with van der Waals surface area (Å²) in [5.41, 5.74) is 1.99. The van der Waals surface area contributed by atoms with Crippen molar-refractivity contribution >= 4 is 17.5 Å². The van der Waals surface area contributed by atoms with Gasteiger partial charge in [-0.3, -0.25) is 19.5 Å². The van der Waals surface area contributed by atoms with E-state index in [2.05, 4.69) is 15.3 Å². The normalized spacial score (nSPS) is 11.3. The largest absolute Gasteiger partial charge is 0.451 e. The predicted molar refractivity (Wildman–Crippen MR) is 125 cm³/mol. The van der Waals surface area contributed by atoms with Crippen LogP contribution in [-0.4, -0.2) is 28.3 Å². The molecular formula is C26H20FN5O3. The second-order valence-corrected chi connectivity index (χ2v) is 7.57. The Bertz CT molecular complexity index is 1340. The van der Waals surface area contributed by atoms with Gasteiger partial charge in [-0.25, -0.2) is 9.37 Å². The zero-order chi connectivity index (χ0) is 24.6. The number of pyridine rings is 1. The average molecular weight is 469 g/mol. The molecule has 0 aliphatic carbocycles. The summed E-state index contributed by atoms with van der Waals surface area (Å²) in [6, 6.07) is 16.7. The van der Waals surface area contributed by atoms with Crippen molar-refractivity contribution in [2.75, 3.05) is 11.4 Å². The molecule has 4 aromatic rings. The Morgan fingerprint density at radius 3 is 2.63 bits per heavy atom. The van der Waals surface area contributed by atoms with Gasteiger partial charge in [0.2, 0.25) is 5.91 Å². The number of oxazole rings is 1. The Kier molecular flexibility index (Phi) is 7.23. The van der Waals surface area contributed by atoms with Crippen molar-refractivity contribution in [2.45, 2.75) is 12.5 Å². The fourth-order valence-electron chi connectivity index (χ4n) is 3.60. The van der Waals surface area contributed by atoms with Crippen LogP contribution in [0.4, 0.5) is 10.1 Å². The highest BCUT2D eigenvalue weighted by atomic mass is 19.1. The minimum atomic E-state index is -1.10. The van der Waals surface area contributed by atoms with Gasteiger partial charge in [0.25, 0.3) is 5.91 Å². The first-order chi connectivity index (χ1) is 17.1. The summed E-state index contributed by atoms with van der Waals surface area (Å²) in [5.74, 6) is -1.39. The van der Waals surface area contributed by atoms with Crippen LogP contribution < -0.4 is 10.2 Å². The molecule has 1 N–H and O–H groups in total. The highest BCUT2D eigenvalue weighted by Crippen LogP contribution is 2.29. The van der Waals surface area contributed by atoms with E-state index >= 15 is 0 Å². The monoisotopic (exact) mass is 469 g/mol. The summed E-state index contributed by atoms with van der Waals surface area (Å²) in [7, 11) is 0. The van der Waals surface area contributed by atoms with Gasteiger partial charge in [0.05, 0.1) is 11.6 Å². The van der Waals surface area contributed by atoms with Crippen molar-refractivity contribution < 1.29 is 18.4 Å². The van der Waals surface area contributed by atoms with Gasteiger partial charge in [-0.05, 0) is 54.4 Å². The maximum absolute atomic E-state index is 13.5. The number of halogens is 1. The molecule has 0 radical (unpaired) electrons. The lowest BCUT2D eigenvalue weighted by molar-refractivity contribution is -0.122. The van der Waals surface area contributed by atoms with E-state index in [4.69, 9.17) is 9.68 Å². The average Bonchev–Trinajstić information content (AvgIpc) is 3.43. The Balaban J connectivity index is 1.68. The topological polar surface area (TPSA) is 112 Å². The molecule has 2 aromatic heterocycles. The van der Waals surface area contributed by atoms with Crippen molar-refractivity contribution in [1.29, 1.82) is 5.26 Å². The maximum Gasteiger partial charge on any atom is 0.281 e. The van der Waals surface area contributed by atoms with Gasteiger partial charge in [0.1, 0.15) is 18.1 Å². The van der Waals surface area contributed by atoms with Gasteiger partial charge in [-0.15, -0.1) is 0 Å². The third-order valence-corrected chi connectivity index (χ3v) is 5.25. The van der Waals surface area contributed by atoms with Crippen LogP contribution in [0.3, 0.4) is 0 Å². The second-order valence-electron chi connectivity index (χ2n) is 7.57. The molecule has 0 saturated heterocycles. The molecule has 0 saturated carbocycles. The highest BCUT2D eigenvalue weighted by Gasteiger charge is 2.34. The first kappa shape index (κ1) is 23.3. The van der Waals surface area contributed by atoms with E-state index in [-0.39, 0.29) is 18.1 Å². The quantitative estimate of drug-likeness (QED) is 0.420. The number of anilines is 1. The second kappa shape index (κ2) is 10.9. The van der Waals surface area contributed by atoms with Gasteiger partial charge in [-0.2, -0.15) is 5.26 Å². The molecule has 0 spiro atoms. The number of hydrogen-bond acceptors (Lipinski definition) is 6. The van der Waals surface area contributed by atoms with E-state index in [1.807, 2.05) is 6.07 Å². The Morgan fingerprint density at radius 2 is 1.97 bits per heavy atom. The number of carbonyl (C=O) groups is 2. The molecule has 0 bridgehead atoms. The number of benzene rings is 2. The Labute approximate surface area is 200 Å². The fraction of sp³-hybridized carbons (Fsp3) is 0.115. The molecular weight excluding hydrogens is 449 g/mol. The van der Waals surface area contributed by atoms with Crippen LogP contribution in [0.5, 0.6) is 0 Å². The SMILES string of the molecule is N#Cc1ccc(N(C(=O)c2cocn2)C(C(=O)NCCc2cccc(F)c2)c2cccnc2)cc1. The third kappa shape index (κ3) is 5.57. The van der Waals surface area contributed by atoms with Crippen LogP contribution in [0.15, 0.2) is 90.1 Å². The van der Waals surface area contributed by atoms with E-state index in [1.54, 1.807) is 54.7 Å². The molecule has 1 unspecified atom stereocenters. The van der Waals surface area contributed by atoms with E-state index < -0.39 is 17.9 Å². The van der Waals surface area contributed by atoms with Gasteiger partial charge in [-0.1, -0.05) is 18.2 Å². The van der Waals surface area contributed by atoms with E-state index in [1.165, 1.54) is 29.5 Å². The summed E-state index contributed by atoms with van der Waals surface area (Å²) in [5, 5.41) is 12.0. The molecule has 2 amide bonds. The Morgan fingerprint density at radius 1 is 1.14 bits per heavy atom. The summed E-state index contributed by atoms with van der Waals surface area (Å²) >= 11 is 0. The number of rotatable bonds is 8. The summed E-state index contributed by atoms with van der Waals surface area (Å²) in [6.07, 6.45) is 5.79. The highest BCUT2D eigenvalue weighted by molar-refractivity contribution is 6.09. The summed E-state index contributed by atoms with van der Waals surface area (Å²) in [4.78, 5) is 36.4. The molecule has 0 aliphatic heterocycles. The number of carbonyl (C=O) groups excluding carboxylic acids is 2. The van der Waals surface area contributed by atoms with Gasteiger partial charge >= 0.3 is 0 Å². The van der Waals surface area contributed by atoms with Crippen LogP contribution in [-0.2, 0) is 11.2 Å². The van der Waals surface area contributed by atoms with Crippen molar-refractivity contribution in [3.8, 4) is 6.07 Å². The van der Waals surface area contributed by atoms with Crippen LogP contribution in [0.25, 0.3) is 0 Å². The molecule has 0 fully saturated rings. The number of nitrogens with zero attached hydrogens (tertiary/aromatic N) is 4. The van der Waals surface area contributed by atoms with Gasteiger partial charge in [0, 0.05) is 30.2 Å². The molecule has 1 atom stereocenters. The number of hydrogen-bond donors (Lipinski definition) is 1. The van der Waals surface area contributed by atoms with Gasteiger partial charge in [0.15, 0.2) is 12.1 Å². The van der Waals surface area contributed by atoms with Gasteiger partial charge < -0.3 is 9.73 Å². The standard InChI is InChI=1S/C26H20FN5O3/c27-21-5-1-3-18(13-21)10-12-30-25(33)24(20-4-2-11-29-15-20)32(26(34)23-16-35-17-31-23)22-8-6-19(14-28)7-9-22/h1-9,11,13,15-17,24H,10,12H2,(H,30,33). The lowest BCUT2D eigenvalue weighted by Gasteiger charge is -2.30. The fourth-order valence-corrected chi connectivity index (χ4v) is 3.60. The number of amides is 2. The predicted octanol–water partition coefficient (Wildman–Crippen LogP) is 3.83. The smallest absolute Gasteiger partial charge is 0.281 e. The van der Waals surface area contributed by atoms with E-state index in [9.17, 15) is 14.0 Å². The summed E-state index contributed by atoms with van der Waals surface area (Å²) in [6.45, 7) is 0.221. The molecule has 0 aliphatic rings. The van der Waals surface area contributed by atoms with E-state index in [0.717, 1.165) is 12.0 Å². The molecule has 2 heterocycles. The lowest BCUT2D eigenvalue weighted by atomic mass is 10.0. The van der Waals surface area contributed by atoms with Crippen molar-refractivity contribution in [3.05, 3.63) is 114 Å².